The van der Waals surface area contributed by atoms with E-state index in [0.717, 1.165) is 12.8 Å². The summed E-state index contributed by atoms with van der Waals surface area (Å²) in [6, 6.07) is 7.81. The van der Waals surface area contributed by atoms with Crippen LogP contribution in [0.25, 0.3) is 0 Å². The fourth-order valence-electron chi connectivity index (χ4n) is 2.78. The molecule has 0 atom stereocenters. The highest BCUT2D eigenvalue weighted by Crippen LogP contribution is 2.29. The zero-order valence-corrected chi connectivity index (χ0v) is 17.1. The molecule has 1 fully saturated rings. The first kappa shape index (κ1) is 20.6. The van der Waals surface area contributed by atoms with E-state index in [4.69, 9.17) is 4.74 Å². The van der Waals surface area contributed by atoms with Gasteiger partial charge in [0.1, 0.15) is 5.75 Å². The van der Waals surface area contributed by atoms with Crippen LogP contribution in [0.5, 0.6) is 11.5 Å². The summed E-state index contributed by atoms with van der Waals surface area (Å²) in [6.07, 6.45) is 1.59. The third-order valence-electron chi connectivity index (χ3n) is 4.20. The fraction of sp³-hybridized carbons (Fsp3) is 0.278. The van der Waals surface area contributed by atoms with Crippen LogP contribution in [0.15, 0.2) is 45.8 Å². The van der Waals surface area contributed by atoms with Crippen LogP contribution in [0.2, 0.25) is 0 Å². The second kappa shape index (κ2) is 8.46. The predicted molar refractivity (Wildman–Crippen MR) is 104 cm³/mol. The summed E-state index contributed by atoms with van der Waals surface area (Å²) in [5.74, 6) is -1.70. The minimum atomic E-state index is -3.69. The number of phenolic OH excluding ortho intramolecular Hbond substituents is 1. The molecule has 1 heterocycles. The van der Waals surface area contributed by atoms with Crippen molar-refractivity contribution in [2.75, 3.05) is 25.0 Å². The van der Waals surface area contributed by atoms with Crippen molar-refractivity contribution in [1.82, 2.24) is 4.31 Å². The van der Waals surface area contributed by atoms with Crippen molar-refractivity contribution in [2.24, 2.45) is 0 Å². The molecule has 0 spiro atoms. The highest BCUT2D eigenvalue weighted by atomic mass is 79.9. The van der Waals surface area contributed by atoms with Gasteiger partial charge in [0.25, 0.3) is 5.91 Å². The lowest BCUT2D eigenvalue weighted by molar-refractivity contribution is -0.118. The number of aromatic hydroxyl groups is 1. The second-order valence-electron chi connectivity index (χ2n) is 6.20. The Morgan fingerprint density at radius 1 is 1.21 bits per heavy atom. The summed E-state index contributed by atoms with van der Waals surface area (Å²) in [7, 11) is -3.69. The van der Waals surface area contributed by atoms with Crippen molar-refractivity contribution in [3.63, 3.8) is 0 Å². The summed E-state index contributed by atoms with van der Waals surface area (Å²) < 4.78 is 46.0. The van der Waals surface area contributed by atoms with Gasteiger partial charge in [-0.3, -0.25) is 4.79 Å². The average molecular weight is 473 g/mol. The lowest BCUT2D eigenvalue weighted by Gasteiger charge is -2.17. The molecule has 0 radical (unpaired) electrons. The molecule has 0 bridgehead atoms. The number of anilines is 1. The van der Waals surface area contributed by atoms with E-state index in [0.29, 0.717) is 17.6 Å². The molecule has 10 heteroatoms. The molecule has 0 unspecified atom stereocenters. The highest BCUT2D eigenvalue weighted by Gasteiger charge is 2.28. The number of carbonyl (C=O) groups is 1. The Hall–Kier alpha value is -2.17. The van der Waals surface area contributed by atoms with Crippen LogP contribution in [0.3, 0.4) is 0 Å². The third-order valence-corrected chi connectivity index (χ3v) is 6.59. The summed E-state index contributed by atoms with van der Waals surface area (Å²) in [6.45, 7) is 0.371. The van der Waals surface area contributed by atoms with Crippen molar-refractivity contribution in [3.8, 4) is 11.5 Å². The summed E-state index contributed by atoms with van der Waals surface area (Å²) >= 11 is 3.12. The van der Waals surface area contributed by atoms with E-state index < -0.39 is 28.4 Å². The number of amides is 1. The molecule has 2 aromatic carbocycles. The molecule has 1 saturated heterocycles. The molecule has 7 nitrogen and oxygen atoms in total. The number of hydrogen-bond acceptors (Lipinski definition) is 5. The lowest BCUT2D eigenvalue weighted by atomic mass is 10.3. The molecule has 28 heavy (non-hydrogen) atoms. The first-order chi connectivity index (χ1) is 13.3. The topological polar surface area (TPSA) is 95.9 Å². The average Bonchev–Trinajstić information content (AvgIpc) is 3.18. The van der Waals surface area contributed by atoms with Crippen molar-refractivity contribution in [3.05, 3.63) is 46.7 Å². The zero-order valence-electron chi connectivity index (χ0n) is 14.7. The van der Waals surface area contributed by atoms with Crippen LogP contribution >= 0.6 is 15.9 Å². The molecule has 3 rings (SSSR count). The summed E-state index contributed by atoms with van der Waals surface area (Å²) in [5, 5.41) is 12.3. The number of carbonyl (C=O) groups excluding carboxylic acids is 1. The van der Waals surface area contributed by atoms with E-state index in [1.165, 1.54) is 34.6 Å². The third kappa shape index (κ3) is 4.62. The number of halogens is 2. The normalized spacial score (nSPS) is 14.8. The number of phenols is 1. The Morgan fingerprint density at radius 3 is 2.61 bits per heavy atom. The van der Waals surface area contributed by atoms with E-state index >= 15 is 0 Å². The number of rotatable bonds is 6. The van der Waals surface area contributed by atoms with Crippen LogP contribution in [0.1, 0.15) is 12.8 Å². The van der Waals surface area contributed by atoms with Crippen LogP contribution in [0.4, 0.5) is 10.1 Å². The Morgan fingerprint density at radius 2 is 1.93 bits per heavy atom. The number of benzene rings is 2. The molecule has 150 valence electrons. The first-order valence-electron chi connectivity index (χ1n) is 8.48. The van der Waals surface area contributed by atoms with Crippen LogP contribution < -0.4 is 10.1 Å². The maximum absolute atomic E-state index is 13.7. The van der Waals surface area contributed by atoms with Crippen molar-refractivity contribution < 1.29 is 27.4 Å². The van der Waals surface area contributed by atoms with Gasteiger partial charge in [0.05, 0.1) is 10.6 Å². The van der Waals surface area contributed by atoms with Gasteiger partial charge in [0.15, 0.2) is 18.2 Å². The van der Waals surface area contributed by atoms with E-state index in [9.17, 15) is 22.7 Å². The van der Waals surface area contributed by atoms with Crippen molar-refractivity contribution in [2.45, 2.75) is 17.7 Å². The molecule has 1 aliphatic heterocycles. The van der Waals surface area contributed by atoms with Gasteiger partial charge in [-0.15, -0.1) is 0 Å². The SMILES string of the molecule is O=C(COc1ccc(Br)cc1F)Nc1cc(S(=O)(=O)N2CCCC2)ccc1O. The van der Waals surface area contributed by atoms with E-state index in [-0.39, 0.29) is 22.1 Å². The Kier molecular flexibility index (Phi) is 6.21. The first-order valence-corrected chi connectivity index (χ1v) is 10.7. The summed E-state index contributed by atoms with van der Waals surface area (Å²) in [4.78, 5) is 12.1. The van der Waals surface area contributed by atoms with Gasteiger partial charge < -0.3 is 15.2 Å². The Balaban J connectivity index is 1.70. The second-order valence-corrected chi connectivity index (χ2v) is 9.06. The minimum absolute atomic E-state index is 0.0256. The standard InChI is InChI=1S/C18H18BrFN2O5S/c19-12-3-6-17(14(20)9-12)27-11-18(24)21-15-10-13(4-5-16(15)23)28(25,26)22-7-1-2-8-22/h3-6,9-10,23H,1-2,7-8,11H2,(H,21,24). The van der Waals surface area contributed by atoms with Gasteiger partial charge >= 0.3 is 0 Å². The number of sulfonamides is 1. The van der Waals surface area contributed by atoms with Gasteiger partial charge in [0, 0.05) is 17.6 Å². The molecule has 1 aliphatic rings. The number of hydrogen-bond donors (Lipinski definition) is 2. The van der Waals surface area contributed by atoms with Gasteiger partial charge in [-0.25, -0.2) is 12.8 Å². The maximum atomic E-state index is 13.7. The lowest BCUT2D eigenvalue weighted by Crippen LogP contribution is -2.28. The quantitative estimate of drug-likeness (QED) is 0.629. The molecule has 2 aromatic rings. The van der Waals surface area contributed by atoms with E-state index in [1.807, 2.05) is 0 Å². The number of nitrogens with zero attached hydrogens (tertiary/aromatic N) is 1. The van der Waals surface area contributed by atoms with Gasteiger partial charge in [-0.05, 0) is 49.2 Å². The van der Waals surface area contributed by atoms with E-state index in [2.05, 4.69) is 21.2 Å². The fourth-order valence-corrected chi connectivity index (χ4v) is 4.65. The molecule has 0 aliphatic carbocycles. The number of nitrogens with one attached hydrogen (secondary N) is 1. The summed E-state index contributed by atoms with van der Waals surface area (Å²) in [5.41, 5.74) is -0.0647. The van der Waals surface area contributed by atoms with Crippen LogP contribution in [0, 0.1) is 5.82 Å². The highest BCUT2D eigenvalue weighted by molar-refractivity contribution is 9.10. The van der Waals surface area contributed by atoms with Gasteiger partial charge in [-0.2, -0.15) is 4.31 Å². The van der Waals surface area contributed by atoms with E-state index in [1.54, 1.807) is 6.07 Å². The van der Waals surface area contributed by atoms with Gasteiger partial charge in [-0.1, -0.05) is 15.9 Å². The maximum Gasteiger partial charge on any atom is 0.262 e. The largest absolute Gasteiger partial charge is 0.506 e. The molecule has 0 saturated carbocycles. The predicted octanol–water partition coefficient (Wildman–Crippen LogP) is 3.10. The Bertz CT molecular complexity index is 993. The smallest absolute Gasteiger partial charge is 0.262 e. The van der Waals surface area contributed by atoms with Crippen molar-refractivity contribution >= 4 is 37.5 Å². The Labute approximate surface area is 170 Å². The molecule has 0 aromatic heterocycles. The molecular formula is C18H18BrFN2O5S. The molecule has 1 amide bonds. The molecule has 2 N–H and O–H groups in total. The van der Waals surface area contributed by atoms with Crippen LogP contribution in [-0.2, 0) is 14.8 Å². The monoisotopic (exact) mass is 472 g/mol. The molecular weight excluding hydrogens is 455 g/mol. The van der Waals surface area contributed by atoms with Gasteiger partial charge in [0.2, 0.25) is 10.0 Å². The van der Waals surface area contributed by atoms with Crippen molar-refractivity contribution in [1.29, 1.82) is 0 Å². The minimum Gasteiger partial charge on any atom is -0.506 e. The number of ether oxygens (including phenoxy) is 1. The zero-order chi connectivity index (χ0) is 20.3. The van der Waals surface area contributed by atoms with Crippen LogP contribution in [-0.4, -0.2) is 43.4 Å².